The van der Waals surface area contributed by atoms with E-state index in [1.54, 1.807) is 6.92 Å². The lowest BCUT2D eigenvalue weighted by Crippen LogP contribution is -2.18. The molecular weight excluding hydrogens is 122 g/mol. The topological polar surface area (TPSA) is 55.4 Å². The molecule has 4 heteroatoms. The lowest BCUT2D eigenvalue weighted by molar-refractivity contribution is 0.156. The van der Waals surface area contributed by atoms with Crippen molar-refractivity contribution in [3.05, 3.63) is 6.20 Å². The molecule has 9 heavy (non-hydrogen) atoms. The van der Waals surface area contributed by atoms with E-state index in [1.165, 1.54) is 5.94 Å². The highest BCUT2D eigenvalue weighted by Gasteiger charge is 1.92. The number of rotatable bonds is 2. The van der Waals surface area contributed by atoms with Crippen LogP contribution in [0, 0.1) is 0 Å². The first-order valence-electron chi connectivity index (χ1n) is 2.44. The summed E-state index contributed by atoms with van der Waals surface area (Å²) in [6.07, 6.45) is 0.207. The molecule has 0 radical (unpaired) electrons. The van der Waals surface area contributed by atoms with E-state index in [2.05, 4.69) is 4.74 Å². The van der Waals surface area contributed by atoms with E-state index in [0.717, 1.165) is 6.20 Å². The Kier molecular flexibility index (Phi) is 4.18. The van der Waals surface area contributed by atoms with Crippen LogP contribution in [0.25, 0.3) is 0 Å². The molecule has 0 aliphatic heterocycles. The van der Waals surface area contributed by atoms with Crippen molar-refractivity contribution < 1.29 is 14.3 Å². The van der Waals surface area contributed by atoms with Gasteiger partial charge >= 0.3 is 6.09 Å². The van der Waals surface area contributed by atoms with E-state index in [-0.39, 0.29) is 0 Å². The van der Waals surface area contributed by atoms with Crippen LogP contribution in [0.3, 0.4) is 0 Å². The first-order valence-corrected chi connectivity index (χ1v) is 2.44. The van der Waals surface area contributed by atoms with Gasteiger partial charge in [0.15, 0.2) is 0 Å². The Labute approximate surface area is 52.5 Å². The average molecular weight is 129 g/mol. The van der Waals surface area contributed by atoms with E-state index in [1.807, 2.05) is 5.32 Å². The summed E-state index contributed by atoms with van der Waals surface area (Å²) in [5.74, 6) is 1.37. The fourth-order valence-corrected chi connectivity index (χ4v) is 0.261. The van der Waals surface area contributed by atoms with Crippen LogP contribution in [0.5, 0.6) is 0 Å². The lowest BCUT2D eigenvalue weighted by Gasteiger charge is -1.96. The summed E-state index contributed by atoms with van der Waals surface area (Å²) in [7, 11) is 0. The highest BCUT2D eigenvalue weighted by atomic mass is 16.5. The SMILES string of the molecule is CCOC(=O)NC=C=O. The minimum atomic E-state index is -0.638. The quantitative estimate of drug-likeness (QED) is 0.537. The molecule has 4 nitrogen and oxygen atoms in total. The van der Waals surface area contributed by atoms with Gasteiger partial charge in [0.05, 0.1) is 12.8 Å². The van der Waals surface area contributed by atoms with Crippen molar-refractivity contribution in [2.45, 2.75) is 6.92 Å². The normalized spacial score (nSPS) is 7.22. The Bertz CT molecular complexity index is 137. The summed E-state index contributed by atoms with van der Waals surface area (Å²) in [4.78, 5) is 19.7. The van der Waals surface area contributed by atoms with Gasteiger partial charge in [-0.2, -0.15) is 0 Å². The fraction of sp³-hybridized carbons (Fsp3) is 0.400. The number of ether oxygens (including phenoxy) is 1. The van der Waals surface area contributed by atoms with Gasteiger partial charge in [-0.1, -0.05) is 0 Å². The largest absolute Gasteiger partial charge is 0.450 e. The third-order valence-electron chi connectivity index (χ3n) is 0.524. The smallest absolute Gasteiger partial charge is 0.411 e. The number of hydrogen-bond donors (Lipinski definition) is 1. The Morgan fingerprint density at radius 3 is 3.00 bits per heavy atom. The number of alkyl carbamates (subject to hydrolysis) is 1. The Balaban J connectivity index is 3.38. The van der Waals surface area contributed by atoms with Crippen molar-refractivity contribution in [1.82, 2.24) is 5.32 Å². The third-order valence-corrected chi connectivity index (χ3v) is 0.524. The maximum Gasteiger partial charge on any atom is 0.411 e. The second-order valence-corrected chi connectivity index (χ2v) is 1.13. The second-order valence-electron chi connectivity index (χ2n) is 1.13. The first-order chi connectivity index (χ1) is 4.31. The summed E-state index contributed by atoms with van der Waals surface area (Å²) in [5, 5.41) is 2.02. The van der Waals surface area contributed by atoms with Crippen LogP contribution in [0.2, 0.25) is 0 Å². The molecule has 1 N–H and O–H groups in total. The average Bonchev–Trinajstić information content (AvgIpc) is 1.85. The number of carbonyl (C=O) groups excluding carboxylic acids is 2. The minimum Gasteiger partial charge on any atom is -0.450 e. The van der Waals surface area contributed by atoms with E-state index >= 15 is 0 Å². The van der Waals surface area contributed by atoms with Crippen LogP contribution in [-0.4, -0.2) is 18.6 Å². The molecule has 1 amide bonds. The monoisotopic (exact) mass is 129 g/mol. The standard InChI is InChI=1S/C5H7NO3/c1-2-9-5(8)6-3-4-7/h3H,2H2,1H3,(H,6,8). The molecule has 0 aromatic rings. The van der Waals surface area contributed by atoms with Crippen LogP contribution >= 0.6 is 0 Å². The van der Waals surface area contributed by atoms with Gasteiger partial charge < -0.3 is 4.74 Å². The van der Waals surface area contributed by atoms with Crippen LogP contribution in [-0.2, 0) is 9.53 Å². The summed E-state index contributed by atoms with van der Waals surface area (Å²) < 4.78 is 4.38. The van der Waals surface area contributed by atoms with E-state index < -0.39 is 6.09 Å². The molecule has 0 rings (SSSR count). The van der Waals surface area contributed by atoms with Gasteiger partial charge in [-0.15, -0.1) is 0 Å². The zero-order valence-corrected chi connectivity index (χ0v) is 5.01. The van der Waals surface area contributed by atoms with Crippen molar-refractivity contribution in [1.29, 1.82) is 0 Å². The number of carbonyl (C=O) groups is 1. The zero-order valence-electron chi connectivity index (χ0n) is 5.01. The molecule has 0 unspecified atom stereocenters. The molecule has 0 aromatic carbocycles. The first kappa shape index (κ1) is 7.72. The molecule has 50 valence electrons. The lowest BCUT2D eigenvalue weighted by atomic mass is 10.8. The van der Waals surface area contributed by atoms with Gasteiger partial charge in [0, 0.05) is 0 Å². The van der Waals surface area contributed by atoms with Gasteiger partial charge in [-0.25, -0.2) is 9.59 Å². The van der Waals surface area contributed by atoms with Gasteiger partial charge in [0.1, 0.15) is 5.94 Å². The Hall–Kier alpha value is -1.28. The third kappa shape index (κ3) is 4.58. The number of hydrogen-bond acceptors (Lipinski definition) is 3. The predicted octanol–water partition coefficient (Wildman–Crippen LogP) is 0.0778. The van der Waals surface area contributed by atoms with Crippen LogP contribution in [0.4, 0.5) is 4.79 Å². The molecule has 0 heterocycles. The minimum absolute atomic E-state index is 0.290. The van der Waals surface area contributed by atoms with Crippen LogP contribution in [0.1, 0.15) is 6.92 Å². The van der Waals surface area contributed by atoms with Gasteiger partial charge in [0.25, 0.3) is 0 Å². The van der Waals surface area contributed by atoms with E-state index in [4.69, 9.17) is 0 Å². The highest BCUT2D eigenvalue weighted by Crippen LogP contribution is 1.72. The number of nitrogens with one attached hydrogen (secondary N) is 1. The van der Waals surface area contributed by atoms with Crippen molar-refractivity contribution in [3.63, 3.8) is 0 Å². The molecule has 0 saturated heterocycles. The fourth-order valence-electron chi connectivity index (χ4n) is 0.261. The van der Waals surface area contributed by atoms with Gasteiger partial charge in [0.2, 0.25) is 0 Å². The second kappa shape index (κ2) is 4.87. The highest BCUT2D eigenvalue weighted by molar-refractivity contribution is 5.70. The molecule has 0 bridgehead atoms. The summed E-state index contributed by atoms with van der Waals surface area (Å²) in [6.45, 7) is 1.96. The van der Waals surface area contributed by atoms with Gasteiger partial charge in [-0.05, 0) is 6.92 Å². The molecule has 0 fully saturated rings. The maximum atomic E-state index is 10.3. The van der Waals surface area contributed by atoms with Crippen molar-refractivity contribution in [2.24, 2.45) is 0 Å². The molecule has 0 aromatic heterocycles. The maximum absolute atomic E-state index is 10.3. The van der Waals surface area contributed by atoms with Crippen molar-refractivity contribution in [3.8, 4) is 0 Å². The molecule has 0 saturated carbocycles. The number of amides is 1. The summed E-state index contributed by atoms with van der Waals surface area (Å²) >= 11 is 0. The zero-order chi connectivity index (χ0) is 7.11. The molecule has 0 aliphatic rings. The summed E-state index contributed by atoms with van der Waals surface area (Å²) in [5.41, 5.74) is 0. The van der Waals surface area contributed by atoms with Crippen LogP contribution in [0.15, 0.2) is 6.20 Å². The summed E-state index contributed by atoms with van der Waals surface area (Å²) in [6, 6.07) is 0. The van der Waals surface area contributed by atoms with Crippen LogP contribution < -0.4 is 5.32 Å². The molecule has 0 aliphatic carbocycles. The molecule has 0 spiro atoms. The Morgan fingerprint density at radius 2 is 2.56 bits per heavy atom. The van der Waals surface area contributed by atoms with E-state index in [9.17, 15) is 9.59 Å². The van der Waals surface area contributed by atoms with Crippen molar-refractivity contribution in [2.75, 3.05) is 6.61 Å². The molecular formula is C5H7NO3. The predicted molar refractivity (Wildman–Crippen MR) is 30.4 cm³/mol. The van der Waals surface area contributed by atoms with E-state index in [0.29, 0.717) is 6.61 Å². The van der Waals surface area contributed by atoms with Crippen molar-refractivity contribution >= 4 is 12.0 Å². The Morgan fingerprint density at radius 1 is 1.89 bits per heavy atom. The molecule has 0 atom stereocenters. The van der Waals surface area contributed by atoms with Gasteiger partial charge in [-0.3, -0.25) is 5.32 Å².